The van der Waals surface area contributed by atoms with E-state index in [-0.39, 0.29) is 0 Å². The maximum atomic E-state index is 10.7. The molecule has 19 heavy (non-hydrogen) atoms. The Bertz CT molecular complexity index is 423. The van der Waals surface area contributed by atoms with Crippen LogP contribution in [-0.4, -0.2) is 43.4 Å². The van der Waals surface area contributed by atoms with E-state index in [1.54, 1.807) is 0 Å². The van der Waals surface area contributed by atoms with Crippen LogP contribution in [-0.2, 0) is 0 Å². The number of hydrogen-bond donors (Lipinski definition) is 0. The summed E-state index contributed by atoms with van der Waals surface area (Å²) in [6.45, 7) is 4.90. The van der Waals surface area contributed by atoms with Gasteiger partial charge in [0.15, 0.2) is 0 Å². The minimum atomic E-state index is 0.653. The van der Waals surface area contributed by atoms with Gasteiger partial charge in [0.25, 0.3) is 0 Å². The Morgan fingerprint density at radius 1 is 1.05 bits per heavy atom. The van der Waals surface area contributed by atoms with E-state index >= 15 is 0 Å². The number of hydrogen-bond acceptors (Lipinski definition) is 3. The second-order valence-corrected chi connectivity index (χ2v) is 5.71. The van der Waals surface area contributed by atoms with Crippen LogP contribution >= 0.6 is 0 Å². The van der Waals surface area contributed by atoms with Crippen molar-refractivity contribution < 1.29 is 4.79 Å². The van der Waals surface area contributed by atoms with Crippen molar-refractivity contribution in [3.63, 3.8) is 0 Å². The molecule has 0 spiro atoms. The van der Waals surface area contributed by atoms with Gasteiger partial charge in [-0.1, -0.05) is 0 Å². The second-order valence-electron chi connectivity index (χ2n) is 5.71. The molecule has 1 aromatic carbocycles. The summed E-state index contributed by atoms with van der Waals surface area (Å²) in [5, 5.41) is 0. The molecule has 0 bridgehead atoms. The maximum absolute atomic E-state index is 10.7. The molecule has 0 saturated carbocycles. The van der Waals surface area contributed by atoms with Gasteiger partial charge >= 0.3 is 0 Å². The van der Waals surface area contributed by atoms with Gasteiger partial charge in [-0.05, 0) is 63.0 Å². The zero-order valence-electron chi connectivity index (χ0n) is 11.4. The van der Waals surface area contributed by atoms with Gasteiger partial charge in [-0.3, -0.25) is 4.79 Å². The van der Waals surface area contributed by atoms with Crippen molar-refractivity contribution in [3.05, 3.63) is 29.8 Å². The van der Waals surface area contributed by atoms with Crippen LogP contribution in [0.2, 0.25) is 0 Å². The Kier molecular flexibility index (Phi) is 3.83. The van der Waals surface area contributed by atoms with Crippen molar-refractivity contribution >= 4 is 12.0 Å². The first kappa shape index (κ1) is 12.7. The largest absolute Gasteiger partial charge is 0.367 e. The highest BCUT2D eigenvalue weighted by Gasteiger charge is 2.27. The summed E-state index contributed by atoms with van der Waals surface area (Å²) in [7, 11) is 0. The Labute approximate surface area is 115 Å². The van der Waals surface area contributed by atoms with Crippen molar-refractivity contribution in [2.45, 2.75) is 31.7 Å². The highest BCUT2D eigenvalue weighted by molar-refractivity contribution is 5.75. The predicted molar refractivity (Wildman–Crippen MR) is 77.9 cm³/mol. The Balaban J connectivity index is 1.68. The van der Waals surface area contributed by atoms with E-state index in [2.05, 4.69) is 21.9 Å². The van der Waals surface area contributed by atoms with Crippen LogP contribution in [0.3, 0.4) is 0 Å². The third kappa shape index (κ3) is 2.81. The van der Waals surface area contributed by atoms with Gasteiger partial charge in [0.2, 0.25) is 0 Å². The summed E-state index contributed by atoms with van der Waals surface area (Å²) < 4.78 is 0. The Hall–Kier alpha value is -1.35. The van der Waals surface area contributed by atoms with Gasteiger partial charge in [-0.25, -0.2) is 0 Å². The molecule has 3 rings (SSSR count). The zero-order chi connectivity index (χ0) is 13.1. The number of anilines is 1. The zero-order valence-corrected chi connectivity index (χ0v) is 11.4. The maximum Gasteiger partial charge on any atom is 0.150 e. The highest BCUT2D eigenvalue weighted by Crippen LogP contribution is 2.27. The van der Waals surface area contributed by atoms with Crippen molar-refractivity contribution in [3.8, 4) is 0 Å². The first-order chi connectivity index (χ1) is 9.36. The second kappa shape index (κ2) is 5.74. The molecule has 0 radical (unpaired) electrons. The van der Waals surface area contributed by atoms with E-state index in [4.69, 9.17) is 0 Å². The van der Waals surface area contributed by atoms with Gasteiger partial charge in [-0.2, -0.15) is 0 Å². The molecule has 1 atom stereocenters. The molecule has 1 aromatic rings. The number of nitrogens with zero attached hydrogens (tertiary/aromatic N) is 2. The molecule has 0 N–H and O–H groups in total. The molecule has 102 valence electrons. The van der Waals surface area contributed by atoms with Gasteiger partial charge in [0.1, 0.15) is 6.29 Å². The Morgan fingerprint density at radius 3 is 2.47 bits per heavy atom. The molecule has 2 aliphatic heterocycles. The molecule has 3 nitrogen and oxygen atoms in total. The molecular weight excluding hydrogens is 236 g/mol. The van der Waals surface area contributed by atoms with E-state index in [1.165, 1.54) is 51.0 Å². The van der Waals surface area contributed by atoms with Crippen LogP contribution in [0.25, 0.3) is 0 Å². The van der Waals surface area contributed by atoms with Crippen LogP contribution in [0.5, 0.6) is 0 Å². The number of carbonyl (C=O) groups is 1. The van der Waals surface area contributed by atoms with Gasteiger partial charge in [0.05, 0.1) is 0 Å². The monoisotopic (exact) mass is 258 g/mol. The van der Waals surface area contributed by atoms with E-state index in [0.29, 0.717) is 6.04 Å². The number of aldehydes is 1. The number of benzene rings is 1. The predicted octanol–water partition coefficient (Wildman–Crippen LogP) is 2.56. The fraction of sp³-hybridized carbons (Fsp3) is 0.562. The number of likely N-dealkylation sites (tertiary alicyclic amines) is 1. The van der Waals surface area contributed by atoms with Crippen molar-refractivity contribution in [1.29, 1.82) is 0 Å². The third-order valence-corrected chi connectivity index (χ3v) is 4.41. The minimum Gasteiger partial charge on any atom is -0.367 e. The molecule has 0 amide bonds. The highest BCUT2D eigenvalue weighted by atomic mass is 16.1. The van der Waals surface area contributed by atoms with E-state index in [9.17, 15) is 4.79 Å². The lowest BCUT2D eigenvalue weighted by Crippen LogP contribution is -2.39. The smallest absolute Gasteiger partial charge is 0.150 e. The fourth-order valence-corrected chi connectivity index (χ4v) is 3.37. The first-order valence-corrected chi connectivity index (χ1v) is 7.41. The lowest BCUT2D eigenvalue weighted by molar-refractivity contribution is 0.112. The lowest BCUT2D eigenvalue weighted by atomic mass is 10.1. The minimum absolute atomic E-state index is 0.653. The average Bonchev–Trinajstić information content (AvgIpc) is 3.11. The molecule has 2 fully saturated rings. The molecule has 2 saturated heterocycles. The Morgan fingerprint density at radius 2 is 1.79 bits per heavy atom. The third-order valence-electron chi connectivity index (χ3n) is 4.41. The van der Waals surface area contributed by atoms with Crippen molar-refractivity contribution in [1.82, 2.24) is 4.90 Å². The van der Waals surface area contributed by atoms with Crippen molar-refractivity contribution in [2.75, 3.05) is 31.1 Å². The fourth-order valence-electron chi connectivity index (χ4n) is 3.37. The quantitative estimate of drug-likeness (QED) is 0.776. The topological polar surface area (TPSA) is 23.6 Å². The lowest BCUT2D eigenvalue weighted by Gasteiger charge is -2.30. The SMILES string of the molecule is O=Cc1ccc(N2CCC[C@H]2CN2CCCC2)cc1. The van der Waals surface area contributed by atoms with Gasteiger partial charge < -0.3 is 9.80 Å². The van der Waals surface area contributed by atoms with Gasteiger partial charge in [0, 0.05) is 30.4 Å². The summed E-state index contributed by atoms with van der Waals surface area (Å²) in [4.78, 5) is 15.8. The molecular formula is C16H22N2O. The van der Waals surface area contributed by atoms with Crippen LogP contribution in [0.1, 0.15) is 36.0 Å². The molecule has 0 aliphatic carbocycles. The molecule has 3 heteroatoms. The normalized spacial score (nSPS) is 24.0. The van der Waals surface area contributed by atoms with Crippen LogP contribution in [0.4, 0.5) is 5.69 Å². The van der Waals surface area contributed by atoms with Gasteiger partial charge in [-0.15, -0.1) is 0 Å². The summed E-state index contributed by atoms with van der Waals surface area (Å²) >= 11 is 0. The van der Waals surface area contributed by atoms with Crippen LogP contribution in [0.15, 0.2) is 24.3 Å². The van der Waals surface area contributed by atoms with Crippen LogP contribution < -0.4 is 4.90 Å². The molecule has 2 heterocycles. The summed E-state index contributed by atoms with van der Waals surface area (Å²) in [6, 6.07) is 8.68. The summed E-state index contributed by atoms with van der Waals surface area (Å²) in [5.74, 6) is 0. The first-order valence-electron chi connectivity index (χ1n) is 7.41. The van der Waals surface area contributed by atoms with E-state index in [1.807, 2.05) is 12.1 Å². The van der Waals surface area contributed by atoms with E-state index in [0.717, 1.165) is 18.4 Å². The average molecular weight is 258 g/mol. The molecule has 0 unspecified atom stereocenters. The number of carbonyl (C=O) groups excluding carboxylic acids is 1. The van der Waals surface area contributed by atoms with Crippen molar-refractivity contribution in [2.24, 2.45) is 0 Å². The van der Waals surface area contributed by atoms with E-state index < -0.39 is 0 Å². The summed E-state index contributed by atoms with van der Waals surface area (Å²) in [6.07, 6.45) is 6.22. The molecule has 2 aliphatic rings. The molecule has 0 aromatic heterocycles. The standard InChI is InChI=1S/C16H22N2O/c19-13-14-5-7-15(8-6-14)18-11-3-4-16(18)12-17-9-1-2-10-17/h5-8,13,16H,1-4,9-12H2/t16-/m0/s1. The van der Waals surface area contributed by atoms with Crippen LogP contribution in [0, 0.1) is 0 Å². The number of rotatable bonds is 4. The summed E-state index contributed by atoms with van der Waals surface area (Å²) in [5.41, 5.74) is 2.03.